The van der Waals surface area contributed by atoms with Gasteiger partial charge < -0.3 is 19.2 Å². The van der Waals surface area contributed by atoms with Crippen molar-refractivity contribution < 1.29 is 14.3 Å². The highest BCUT2D eigenvalue weighted by atomic mass is 32.2. The second-order valence-corrected chi connectivity index (χ2v) is 7.13. The largest absolute Gasteiger partial charge is 0.491 e. The van der Waals surface area contributed by atoms with Crippen molar-refractivity contribution in [3.63, 3.8) is 0 Å². The van der Waals surface area contributed by atoms with E-state index in [1.807, 2.05) is 61.7 Å². The molecule has 0 aliphatic rings. The molecule has 138 valence electrons. The summed E-state index contributed by atoms with van der Waals surface area (Å²) in [5, 5.41) is 19.8. The van der Waals surface area contributed by atoms with Gasteiger partial charge in [0.2, 0.25) is 0 Å². The number of H-pyrrole nitrogens is 1. The summed E-state index contributed by atoms with van der Waals surface area (Å²) in [6.45, 7) is 2.18. The number of benzene rings is 2. The van der Waals surface area contributed by atoms with Gasteiger partial charge in [-0.2, -0.15) is 0 Å². The Kier molecular flexibility index (Phi) is 5.13. The Hall–Kier alpha value is -2.77. The zero-order valence-corrected chi connectivity index (χ0v) is 15.6. The highest BCUT2D eigenvalue weighted by molar-refractivity contribution is 7.99. The minimum atomic E-state index is -0.641. The lowest BCUT2D eigenvalue weighted by atomic mass is 10.2. The summed E-state index contributed by atoms with van der Waals surface area (Å²) >= 11 is 1.31. The predicted molar refractivity (Wildman–Crippen MR) is 105 cm³/mol. The topological polar surface area (TPSA) is 84.2 Å². The van der Waals surface area contributed by atoms with Gasteiger partial charge in [-0.15, -0.1) is 10.2 Å². The Morgan fingerprint density at radius 1 is 1.15 bits per heavy atom. The number of para-hydroxylation sites is 2. The maximum absolute atomic E-state index is 10.2. The smallest absolute Gasteiger partial charge is 0.276 e. The quantitative estimate of drug-likeness (QED) is 0.470. The van der Waals surface area contributed by atoms with Crippen molar-refractivity contribution >= 4 is 22.7 Å². The van der Waals surface area contributed by atoms with Gasteiger partial charge in [-0.3, -0.25) is 0 Å². The Morgan fingerprint density at radius 3 is 2.85 bits per heavy atom. The van der Waals surface area contributed by atoms with E-state index in [9.17, 15) is 5.11 Å². The molecular formula is C20H19N3O3S. The summed E-state index contributed by atoms with van der Waals surface area (Å²) in [5.41, 5.74) is 2.93. The van der Waals surface area contributed by atoms with Crippen LogP contribution in [0.4, 0.5) is 0 Å². The number of rotatable bonds is 7. The zero-order chi connectivity index (χ0) is 18.6. The second kappa shape index (κ2) is 7.85. The van der Waals surface area contributed by atoms with Crippen LogP contribution < -0.4 is 4.74 Å². The fraction of sp³-hybridized carbons (Fsp3) is 0.200. The average Bonchev–Trinajstić information content (AvgIpc) is 3.32. The minimum absolute atomic E-state index is 0.210. The Balaban J connectivity index is 1.35. The lowest BCUT2D eigenvalue weighted by molar-refractivity contribution is 0.126. The molecule has 2 aromatic heterocycles. The van der Waals surface area contributed by atoms with Crippen LogP contribution in [0.2, 0.25) is 0 Å². The van der Waals surface area contributed by atoms with E-state index >= 15 is 0 Å². The summed E-state index contributed by atoms with van der Waals surface area (Å²) in [5.74, 6) is 1.64. The van der Waals surface area contributed by atoms with E-state index in [1.165, 1.54) is 11.8 Å². The van der Waals surface area contributed by atoms with Crippen molar-refractivity contribution in [1.29, 1.82) is 0 Å². The Morgan fingerprint density at radius 2 is 1.96 bits per heavy atom. The molecule has 7 heteroatoms. The normalized spacial score (nSPS) is 12.4. The van der Waals surface area contributed by atoms with Crippen molar-refractivity contribution in [2.75, 3.05) is 12.4 Å². The summed E-state index contributed by atoms with van der Waals surface area (Å²) < 4.78 is 11.4. The molecule has 0 aliphatic heterocycles. The Bertz CT molecular complexity index is 1040. The van der Waals surface area contributed by atoms with E-state index in [4.69, 9.17) is 9.15 Å². The van der Waals surface area contributed by atoms with Crippen molar-refractivity contribution in [3.05, 3.63) is 60.3 Å². The number of hydrogen-bond acceptors (Lipinski definition) is 6. The molecule has 0 radical (unpaired) electrons. The van der Waals surface area contributed by atoms with Crippen LogP contribution in [0.3, 0.4) is 0 Å². The fourth-order valence-corrected chi connectivity index (χ4v) is 3.41. The number of thioether (sulfide) groups is 1. The van der Waals surface area contributed by atoms with Gasteiger partial charge in [0.25, 0.3) is 11.1 Å². The number of aryl methyl sites for hydroxylation is 1. The Labute approximate surface area is 160 Å². The third kappa shape index (κ3) is 3.99. The van der Waals surface area contributed by atoms with Crippen LogP contribution in [0.1, 0.15) is 5.56 Å². The third-order valence-corrected chi connectivity index (χ3v) is 5.11. The van der Waals surface area contributed by atoms with Crippen LogP contribution in [0.15, 0.2) is 64.4 Å². The monoisotopic (exact) mass is 381 g/mol. The second-order valence-electron chi connectivity index (χ2n) is 6.16. The number of aromatic amines is 1. The molecule has 0 saturated heterocycles. The standard InChI is InChI=1S/C20H19N3O3S/c1-13-6-2-5-9-18(13)25-11-14(24)12-27-20-23-22-19(26-20)16-10-21-17-8-4-3-7-15(16)17/h2-10,14,21,24H,11-12H2,1H3/t14-/m0/s1. The van der Waals surface area contributed by atoms with Crippen LogP contribution in [-0.2, 0) is 0 Å². The van der Waals surface area contributed by atoms with Gasteiger partial charge in [0, 0.05) is 22.9 Å². The molecule has 0 bridgehead atoms. The molecular weight excluding hydrogens is 362 g/mol. The number of ether oxygens (including phenoxy) is 1. The molecule has 2 N–H and O–H groups in total. The van der Waals surface area contributed by atoms with E-state index in [0.29, 0.717) is 16.9 Å². The molecule has 27 heavy (non-hydrogen) atoms. The van der Waals surface area contributed by atoms with Crippen LogP contribution in [-0.4, -0.2) is 38.8 Å². The van der Waals surface area contributed by atoms with Crippen molar-refractivity contribution in [1.82, 2.24) is 15.2 Å². The van der Waals surface area contributed by atoms with E-state index in [-0.39, 0.29) is 6.61 Å². The maximum Gasteiger partial charge on any atom is 0.276 e. The SMILES string of the molecule is Cc1ccccc1OC[C@H](O)CSc1nnc(-c2c[nH]c3ccccc23)o1. The number of nitrogens with one attached hydrogen (secondary N) is 1. The number of hydrogen-bond donors (Lipinski definition) is 2. The van der Waals surface area contributed by atoms with Crippen molar-refractivity contribution in [2.24, 2.45) is 0 Å². The molecule has 0 amide bonds. The first-order chi connectivity index (χ1) is 13.2. The summed E-state index contributed by atoms with van der Waals surface area (Å²) in [6.07, 6.45) is 1.22. The van der Waals surface area contributed by atoms with Gasteiger partial charge in [-0.1, -0.05) is 48.2 Å². The number of aromatic nitrogens is 3. The van der Waals surface area contributed by atoms with E-state index in [1.54, 1.807) is 0 Å². The molecule has 4 aromatic rings. The zero-order valence-electron chi connectivity index (χ0n) is 14.8. The number of aliphatic hydroxyl groups is 1. The van der Waals surface area contributed by atoms with Crippen LogP contribution in [0.5, 0.6) is 5.75 Å². The number of nitrogens with zero attached hydrogens (tertiary/aromatic N) is 2. The minimum Gasteiger partial charge on any atom is -0.491 e. The highest BCUT2D eigenvalue weighted by Crippen LogP contribution is 2.29. The van der Waals surface area contributed by atoms with Gasteiger partial charge in [-0.25, -0.2) is 0 Å². The van der Waals surface area contributed by atoms with Crippen LogP contribution >= 0.6 is 11.8 Å². The average molecular weight is 381 g/mol. The number of aliphatic hydroxyl groups excluding tert-OH is 1. The van der Waals surface area contributed by atoms with Crippen molar-refractivity contribution in [2.45, 2.75) is 18.3 Å². The maximum atomic E-state index is 10.2. The van der Waals surface area contributed by atoms with Gasteiger partial charge in [0.1, 0.15) is 12.4 Å². The summed E-state index contributed by atoms with van der Waals surface area (Å²) in [7, 11) is 0. The predicted octanol–water partition coefficient (Wildman–Crippen LogP) is 4.06. The van der Waals surface area contributed by atoms with Gasteiger partial charge >= 0.3 is 0 Å². The lowest BCUT2D eigenvalue weighted by Crippen LogP contribution is -2.20. The summed E-state index contributed by atoms with van der Waals surface area (Å²) in [6, 6.07) is 15.7. The molecule has 2 heterocycles. The number of fused-ring (bicyclic) bond motifs is 1. The molecule has 0 unspecified atom stereocenters. The summed E-state index contributed by atoms with van der Waals surface area (Å²) in [4.78, 5) is 3.19. The molecule has 6 nitrogen and oxygen atoms in total. The third-order valence-electron chi connectivity index (χ3n) is 4.15. The highest BCUT2D eigenvalue weighted by Gasteiger charge is 2.15. The van der Waals surface area contributed by atoms with Crippen molar-refractivity contribution in [3.8, 4) is 17.2 Å². The van der Waals surface area contributed by atoms with Crippen LogP contribution in [0, 0.1) is 6.92 Å². The van der Waals surface area contributed by atoms with E-state index in [2.05, 4.69) is 15.2 Å². The molecule has 4 rings (SSSR count). The first-order valence-corrected chi connectivity index (χ1v) is 9.58. The molecule has 0 spiro atoms. The van der Waals surface area contributed by atoms with Gasteiger partial charge in [0.05, 0.1) is 11.7 Å². The van der Waals surface area contributed by atoms with Crippen LogP contribution in [0.25, 0.3) is 22.4 Å². The van der Waals surface area contributed by atoms with E-state index in [0.717, 1.165) is 27.8 Å². The molecule has 2 aromatic carbocycles. The first kappa shape index (κ1) is 17.6. The fourth-order valence-electron chi connectivity index (χ4n) is 2.75. The molecule has 0 aliphatic carbocycles. The van der Waals surface area contributed by atoms with E-state index < -0.39 is 6.10 Å². The molecule has 0 fully saturated rings. The molecule has 0 saturated carbocycles. The first-order valence-electron chi connectivity index (χ1n) is 8.60. The lowest BCUT2D eigenvalue weighted by Gasteiger charge is -2.12. The molecule has 1 atom stereocenters. The van der Waals surface area contributed by atoms with Gasteiger partial charge in [0.15, 0.2) is 0 Å². The van der Waals surface area contributed by atoms with Gasteiger partial charge in [-0.05, 0) is 24.6 Å².